The van der Waals surface area contributed by atoms with E-state index in [1.807, 2.05) is 0 Å². The van der Waals surface area contributed by atoms with Crippen molar-refractivity contribution in [1.82, 2.24) is 4.90 Å². The van der Waals surface area contributed by atoms with Gasteiger partial charge in [0.05, 0.1) is 6.54 Å². The minimum Gasteiger partial charge on any atom is -0.480 e. The highest BCUT2D eigenvalue weighted by molar-refractivity contribution is 7.80. The van der Waals surface area contributed by atoms with Crippen molar-refractivity contribution in [3.05, 3.63) is 0 Å². The van der Waals surface area contributed by atoms with Crippen LogP contribution in [0.1, 0.15) is 13.3 Å². The maximum atomic E-state index is 13.0. The third-order valence-corrected chi connectivity index (χ3v) is 3.06. The number of likely N-dealkylation sites (tertiary alicyclic amines) is 1. The lowest BCUT2D eigenvalue weighted by Gasteiger charge is -2.23. The lowest BCUT2D eigenvalue weighted by Crippen LogP contribution is -2.43. The molecule has 0 spiro atoms. The predicted octanol–water partition coefficient (Wildman–Crippen LogP) is 0.576. The van der Waals surface area contributed by atoms with Crippen molar-refractivity contribution in [2.45, 2.75) is 25.6 Å². The van der Waals surface area contributed by atoms with Crippen molar-refractivity contribution in [2.75, 3.05) is 12.3 Å². The Kier molecular flexibility index (Phi) is 3.96. The Morgan fingerprint density at radius 1 is 1.67 bits per heavy atom. The number of hydrogen-bond donors (Lipinski definition) is 2. The molecule has 1 heterocycles. The van der Waals surface area contributed by atoms with Gasteiger partial charge in [0.15, 0.2) is 0 Å². The molecule has 0 aromatic carbocycles. The summed E-state index contributed by atoms with van der Waals surface area (Å²) in [6, 6.07) is -1.02. The van der Waals surface area contributed by atoms with Gasteiger partial charge in [-0.05, 0) is 0 Å². The summed E-state index contributed by atoms with van der Waals surface area (Å²) in [7, 11) is 0. The van der Waals surface area contributed by atoms with Crippen molar-refractivity contribution in [3.63, 3.8) is 0 Å². The van der Waals surface area contributed by atoms with Gasteiger partial charge in [-0.3, -0.25) is 4.79 Å². The summed E-state index contributed by atoms with van der Waals surface area (Å²) >= 11 is 3.96. The molecule has 0 saturated carbocycles. The first kappa shape index (κ1) is 12.3. The van der Waals surface area contributed by atoms with E-state index in [0.717, 1.165) is 4.90 Å². The molecule has 4 nitrogen and oxygen atoms in total. The third kappa shape index (κ3) is 2.62. The average molecular weight is 235 g/mol. The van der Waals surface area contributed by atoms with Gasteiger partial charge in [-0.25, -0.2) is 9.18 Å². The molecule has 3 atom stereocenters. The molecule has 1 saturated heterocycles. The number of carboxylic acids is 1. The van der Waals surface area contributed by atoms with Crippen molar-refractivity contribution < 1.29 is 19.1 Å². The molecule has 1 fully saturated rings. The van der Waals surface area contributed by atoms with Gasteiger partial charge in [-0.2, -0.15) is 12.6 Å². The molecule has 86 valence electrons. The summed E-state index contributed by atoms with van der Waals surface area (Å²) in [4.78, 5) is 23.6. The predicted molar refractivity (Wildman–Crippen MR) is 55.7 cm³/mol. The number of carbonyl (C=O) groups is 2. The zero-order chi connectivity index (χ0) is 11.6. The highest BCUT2D eigenvalue weighted by Gasteiger charge is 2.40. The Labute approximate surface area is 92.9 Å². The summed E-state index contributed by atoms with van der Waals surface area (Å²) in [6.07, 6.45) is -1.34. The number of halogens is 1. The maximum Gasteiger partial charge on any atom is 0.326 e. The number of amides is 1. The summed E-state index contributed by atoms with van der Waals surface area (Å²) in [5.74, 6) is -1.52. The number of carbonyl (C=O) groups excluding carboxylic acids is 1. The standard InChI is InChI=1S/C9H14FNO3S/c1-5(4-15)8(12)11-3-6(10)2-7(11)9(13)14/h5-7,15H,2-4H2,1H3,(H,13,14)/t5?,6-,7+/m1/s1. The first-order valence-electron chi connectivity index (χ1n) is 4.75. The zero-order valence-electron chi connectivity index (χ0n) is 8.39. The molecule has 0 aromatic rings. The van der Waals surface area contributed by atoms with Gasteiger partial charge in [-0.1, -0.05) is 6.92 Å². The highest BCUT2D eigenvalue weighted by atomic mass is 32.1. The second-order valence-electron chi connectivity index (χ2n) is 3.76. The summed E-state index contributed by atoms with van der Waals surface area (Å²) in [6.45, 7) is 1.54. The molecule has 1 aliphatic rings. The smallest absolute Gasteiger partial charge is 0.326 e. The maximum absolute atomic E-state index is 13.0. The van der Waals surface area contributed by atoms with Crippen LogP contribution in [0.4, 0.5) is 4.39 Å². The number of carboxylic acid groups (broad SMARTS) is 1. The van der Waals surface area contributed by atoms with Crippen LogP contribution in [0.5, 0.6) is 0 Å². The van der Waals surface area contributed by atoms with E-state index in [1.165, 1.54) is 0 Å². The molecule has 6 heteroatoms. The van der Waals surface area contributed by atoms with Crippen molar-refractivity contribution in [3.8, 4) is 0 Å². The highest BCUT2D eigenvalue weighted by Crippen LogP contribution is 2.22. The number of thiol groups is 1. The van der Waals surface area contributed by atoms with Crippen molar-refractivity contribution in [2.24, 2.45) is 5.92 Å². The molecule has 15 heavy (non-hydrogen) atoms. The van der Waals surface area contributed by atoms with Crippen LogP contribution in [0.2, 0.25) is 0 Å². The van der Waals surface area contributed by atoms with Gasteiger partial charge < -0.3 is 10.0 Å². The minimum atomic E-state index is -1.23. The lowest BCUT2D eigenvalue weighted by atomic mass is 10.1. The number of aliphatic carboxylic acids is 1. The van der Waals surface area contributed by atoms with Crippen LogP contribution in [0.15, 0.2) is 0 Å². The normalized spacial score (nSPS) is 27.8. The molecular weight excluding hydrogens is 221 g/mol. The van der Waals surface area contributed by atoms with E-state index >= 15 is 0 Å². The summed E-state index contributed by atoms with van der Waals surface area (Å²) < 4.78 is 13.0. The number of alkyl halides is 1. The van der Waals surface area contributed by atoms with Crippen LogP contribution >= 0.6 is 12.6 Å². The van der Waals surface area contributed by atoms with Crippen molar-refractivity contribution in [1.29, 1.82) is 0 Å². The third-order valence-electron chi connectivity index (χ3n) is 2.51. The van der Waals surface area contributed by atoms with E-state index in [-0.39, 0.29) is 24.8 Å². The van der Waals surface area contributed by atoms with Crippen LogP contribution in [-0.2, 0) is 9.59 Å². The minimum absolute atomic E-state index is 0.111. The van der Waals surface area contributed by atoms with E-state index in [2.05, 4.69) is 12.6 Å². The topological polar surface area (TPSA) is 57.6 Å². The summed E-state index contributed by atoms with van der Waals surface area (Å²) in [5, 5.41) is 8.83. The first-order valence-corrected chi connectivity index (χ1v) is 5.38. The van der Waals surface area contributed by atoms with Crippen LogP contribution in [0, 0.1) is 5.92 Å². The van der Waals surface area contributed by atoms with E-state index in [1.54, 1.807) is 6.92 Å². The largest absolute Gasteiger partial charge is 0.480 e. The quantitative estimate of drug-likeness (QED) is 0.703. The van der Waals surface area contributed by atoms with Gasteiger partial charge in [0.1, 0.15) is 12.2 Å². The van der Waals surface area contributed by atoms with Crippen molar-refractivity contribution >= 4 is 24.5 Å². The second kappa shape index (κ2) is 4.83. The number of hydrogen-bond acceptors (Lipinski definition) is 3. The zero-order valence-corrected chi connectivity index (χ0v) is 9.28. The van der Waals surface area contributed by atoms with E-state index in [0.29, 0.717) is 5.75 Å². The van der Waals surface area contributed by atoms with Crippen LogP contribution in [0.3, 0.4) is 0 Å². The molecule has 0 bridgehead atoms. The molecule has 1 unspecified atom stereocenters. The molecule has 1 aliphatic heterocycles. The number of rotatable bonds is 3. The molecule has 1 rings (SSSR count). The SMILES string of the molecule is CC(CS)C(=O)N1C[C@H](F)C[C@H]1C(=O)O. The Morgan fingerprint density at radius 3 is 2.73 bits per heavy atom. The summed E-state index contributed by atoms with van der Waals surface area (Å²) in [5.41, 5.74) is 0. The van der Waals surface area contributed by atoms with Gasteiger partial charge in [0.2, 0.25) is 5.91 Å². The Morgan fingerprint density at radius 2 is 2.27 bits per heavy atom. The fraction of sp³-hybridized carbons (Fsp3) is 0.778. The van der Waals surface area contributed by atoms with Crippen LogP contribution in [-0.4, -0.2) is 46.4 Å². The van der Waals surface area contributed by atoms with Crippen LogP contribution in [0.25, 0.3) is 0 Å². The van der Waals surface area contributed by atoms with E-state index < -0.39 is 18.2 Å². The average Bonchev–Trinajstić information content (AvgIpc) is 2.58. The van der Waals surface area contributed by atoms with Gasteiger partial charge >= 0.3 is 5.97 Å². The van der Waals surface area contributed by atoms with Crippen LogP contribution < -0.4 is 0 Å². The molecule has 1 amide bonds. The lowest BCUT2D eigenvalue weighted by molar-refractivity contribution is -0.149. The van der Waals surface area contributed by atoms with Gasteiger partial charge in [-0.15, -0.1) is 0 Å². The number of nitrogens with zero attached hydrogens (tertiary/aromatic N) is 1. The fourth-order valence-corrected chi connectivity index (χ4v) is 1.78. The molecule has 1 N–H and O–H groups in total. The Balaban J connectivity index is 2.75. The Bertz CT molecular complexity index is 274. The molecule has 0 aliphatic carbocycles. The molecular formula is C9H14FNO3S. The van der Waals surface area contributed by atoms with E-state index in [4.69, 9.17) is 5.11 Å². The Hall–Kier alpha value is -0.780. The molecule has 0 aromatic heterocycles. The molecule has 0 radical (unpaired) electrons. The van der Waals surface area contributed by atoms with Gasteiger partial charge in [0.25, 0.3) is 0 Å². The van der Waals surface area contributed by atoms with Gasteiger partial charge in [0, 0.05) is 18.1 Å². The van der Waals surface area contributed by atoms with E-state index in [9.17, 15) is 14.0 Å². The first-order chi connectivity index (χ1) is 6.97. The monoisotopic (exact) mass is 235 g/mol. The second-order valence-corrected chi connectivity index (χ2v) is 4.13. The fourth-order valence-electron chi connectivity index (χ4n) is 1.62.